The van der Waals surface area contributed by atoms with Gasteiger partial charge >= 0.3 is 0 Å². The Balaban J connectivity index is 2.46. The predicted molar refractivity (Wildman–Crippen MR) is 42.0 cm³/mol. The first-order valence-electron chi connectivity index (χ1n) is 4.03. The average molecular weight is 157 g/mol. The molecule has 3 heteroatoms. The van der Waals surface area contributed by atoms with E-state index < -0.39 is 0 Å². The van der Waals surface area contributed by atoms with Crippen LogP contribution in [0, 0.1) is 11.8 Å². The van der Waals surface area contributed by atoms with Gasteiger partial charge < -0.3 is 10.0 Å². The topological polar surface area (TPSA) is 40.5 Å². The summed E-state index contributed by atoms with van der Waals surface area (Å²) in [6, 6.07) is 0. The van der Waals surface area contributed by atoms with Gasteiger partial charge in [0.2, 0.25) is 5.91 Å². The Kier molecular flexibility index (Phi) is 2.49. The monoisotopic (exact) mass is 157 g/mol. The molecule has 1 heterocycles. The van der Waals surface area contributed by atoms with E-state index in [1.807, 2.05) is 0 Å². The van der Waals surface area contributed by atoms with Crippen LogP contribution >= 0.6 is 0 Å². The van der Waals surface area contributed by atoms with E-state index in [1.165, 1.54) is 0 Å². The summed E-state index contributed by atoms with van der Waals surface area (Å²) in [5.41, 5.74) is 0. The van der Waals surface area contributed by atoms with Crippen LogP contribution in [-0.2, 0) is 4.79 Å². The Morgan fingerprint density at radius 3 is 2.27 bits per heavy atom. The number of likely N-dealkylation sites (tertiary alicyclic amines) is 1. The van der Waals surface area contributed by atoms with Gasteiger partial charge in [-0.25, -0.2) is 0 Å². The van der Waals surface area contributed by atoms with Gasteiger partial charge in [0.1, 0.15) is 6.61 Å². The van der Waals surface area contributed by atoms with Crippen LogP contribution in [0.1, 0.15) is 13.8 Å². The van der Waals surface area contributed by atoms with E-state index in [-0.39, 0.29) is 12.5 Å². The van der Waals surface area contributed by atoms with Crippen molar-refractivity contribution in [3.63, 3.8) is 0 Å². The van der Waals surface area contributed by atoms with Gasteiger partial charge in [0.15, 0.2) is 0 Å². The van der Waals surface area contributed by atoms with Crippen molar-refractivity contribution in [3.05, 3.63) is 0 Å². The molecule has 1 N–H and O–H groups in total. The molecular formula is C8H15NO2. The van der Waals surface area contributed by atoms with Crippen LogP contribution in [0.15, 0.2) is 0 Å². The van der Waals surface area contributed by atoms with Crippen molar-refractivity contribution in [1.82, 2.24) is 4.90 Å². The highest BCUT2D eigenvalue weighted by Gasteiger charge is 2.28. The summed E-state index contributed by atoms with van der Waals surface area (Å²) in [7, 11) is 0. The molecule has 0 spiro atoms. The molecule has 3 nitrogen and oxygen atoms in total. The smallest absolute Gasteiger partial charge is 0.248 e. The zero-order valence-corrected chi connectivity index (χ0v) is 7.08. The second-order valence-electron chi connectivity index (χ2n) is 3.41. The largest absolute Gasteiger partial charge is 0.387 e. The molecule has 0 saturated carbocycles. The first-order chi connectivity index (χ1) is 5.15. The minimum absolute atomic E-state index is 0.138. The maximum Gasteiger partial charge on any atom is 0.248 e. The molecule has 0 aromatic heterocycles. The van der Waals surface area contributed by atoms with Crippen molar-refractivity contribution in [2.45, 2.75) is 13.8 Å². The van der Waals surface area contributed by atoms with E-state index in [9.17, 15) is 4.79 Å². The molecule has 1 fully saturated rings. The van der Waals surface area contributed by atoms with E-state index in [0.29, 0.717) is 11.8 Å². The highest BCUT2D eigenvalue weighted by atomic mass is 16.3. The zero-order valence-electron chi connectivity index (χ0n) is 7.08. The molecule has 0 aromatic carbocycles. The zero-order chi connectivity index (χ0) is 8.43. The van der Waals surface area contributed by atoms with Gasteiger partial charge in [0, 0.05) is 13.1 Å². The summed E-state index contributed by atoms with van der Waals surface area (Å²) >= 11 is 0. The Bertz CT molecular complexity index is 148. The molecule has 1 aliphatic heterocycles. The number of rotatable bonds is 1. The molecule has 2 unspecified atom stereocenters. The van der Waals surface area contributed by atoms with Crippen LogP contribution in [-0.4, -0.2) is 35.6 Å². The van der Waals surface area contributed by atoms with Crippen LogP contribution in [0.2, 0.25) is 0 Å². The lowest BCUT2D eigenvalue weighted by atomic mass is 10.0. The van der Waals surface area contributed by atoms with Crippen molar-refractivity contribution in [2.24, 2.45) is 11.8 Å². The third kappa shape index (κ3) is 1.71. The van der Waals surface area contributed by atoms with Gasteiger partial charge in [0.25, 0.3) is 0 Å². The maximum atomic E-state index is 11.0. The lowest BCUT2D eigenvalue weighted by molar-refractivity contribution is -0.133. The number of amides is 1. The van der Waals surface area contributed by atoms with Gasteiger partial charge in [0.05, 0.1) is 0 Å². The predicted octanol–water partition coefficient (Wildman–Crippen LogP) is 0.0931. The molecule has 1 aliphatic rings. The number of carbonyl (C=O) groups excluding carboxylic acids is 1. The van der Waals surface area contributed by atoms with Crippen LogP contribution < -0.4 is 0 Å². The molecule has 1 amide bonds. The number of aliphatic hydroxyl groups is 1. The molecular weight excluding hydrogens is 142 g/mol. The normalized spacial score (nSPS) is 31.0. The summed E-state index contributed by atoms with van der Waals surface area (Å²) in [4.78, 5) is 12.7. The third-order valence-corrected chi connectivity index (χ3v) is 2.48. The molecule has 2 atom stereocenters. The minimum Gasteiger partial charge on any atom is -0.387 e. The van der Waals surface area contributed by atoms with E-state index in [2.05, 4.69) is 13.8 Å². The second-order valence-corrected chi connectivity index (χ2v) is 3.41. The van der Waals surface area contributed by atoms with Gasteiger partial charge in [-0.05, 0) is 11.8 Å². The Morgan fingerprint density at radius 1 is 1.45 bits per heavy atom. The van der Waals surface area contributed by atoms with Crippen LogP contribution in [0.3, 0.4) is 0 Å². The highest BCUT2D eigenvalue weighted by molar-refractivity contribution is 5.77. The molecule has 1 saturated heterocycles. The Hall–Kier alpha value is -0.570. The van der Waals surface area contributed by atoms with Crippen molar-refractivity contribution in [2.75, 3.05) is 19.7 Å². The molecule has 64 valence electrons. The first-order valence-corrected chi connectivity index (χ1v) is 4.03. The molecule has 0 aromatic rings. The molecule has 0 radical (unpaired) electrons. The molecule has 1 rings (SSSR count). The SMILES string of the molecule is CC1CN(C(=O)CO)CC1C. The number of carbonyl (C=O) groups is 1. The fourth-order valence-corrected chi connectivity index (χ4v) is 1.43. The highest BCUT2D eigenvalue weighted by Crippen LogP contribution is 2.21. The quantitative estimate of drug-likeness (QED) is 0.586. The van der Waals surface area contributed by atoms with Gasteiger partial charge in [-0.2, -0.15) is 0 Å². The van der Waals surface area contributed by atoms with E-state index in [4.69, 9.17) is 5.11 Å². The minimum atomic E-state index is -0.348. The summed E-state index contributed by atoms with van der Waals surface area (Å²) in [6.07, 6.45) is 0. The van der Waals surface area contributed by atoms with E-state index in [1.54, 1.807) is 4.90 Å². The summed E-state index contributed by atoms with van der Waals surface area (Å²) in [5.74, 6) is 1.01. The van der Waals surface area contributed by atoms with Gasteiger partial charge in [-0.3, -0.25) is 4.79 Å². The summed E-state index contributed by atoms with van der Waals surface area (Å²) < 4.78 is 0. The fourth-order valence-electron chi connectivity index (χ4n) is 1.43. The van der Waals surface area contributed by atoms with E-state index >= 15 is 0 Å². The molecule has 0 aliphatic carbocycles. The Labute approximate surface area is 67.0 Å². The van der Waals surface area contributed by atoms with Crippen LogP contribution in [0.4, 0.5) is 0 Å². The fraction of sp³-hybridized carbons (Fsp3) is 0.875. The third-order valence-electron chi connectivity index (χ3n) is 2.48. The van der Waals surface area contributed by atoms with Gasteiger partial charge in [-0.15, -0.1) is 0 Å². The van der Waals surface area contributed by atoms with Gasteiger partial charge in [-0.1, -0.05) is 13.8 Å². The number of aliphatic hydroxyl groups excluding tert-OH is 1. The van der Waals surface area contributed by atoms with Crippen molar-refractivity contribution in [3.8, 4) is 0 Å². The number of nitrogens with zero attached hydrogens (tertiary/aromatic N) is 1. The van der Waals surface area contributed by atoms with Crippen molar-refractivity contribution >= 4 is 5.91 Å². The molecule has 0 bridgehead atoms. The Morgan fingerprint density at radius 2 is 1.91 bits per heavy atom. The van der Waals surface area contributed by atoms with E-state index in [0.717, 1.165) is 13.1 Å². The first kappa shape index (κ1) is 8.53. The van der Waals surface area contributed by atoms with Crippen LogP contribution in [0.25, 0.3) is 0 Å². The maximum absolute atomic E-state index is 11.0. The lowest BCUT2D eigenvalue weighted by Gasteiger charge is -2.13. The lowest BCUT2D eigenvalue weighted by Crippen LogP contribution is -2.31. The average Bonchev–Trinajstić information content (AvgIpc) is 2.31. The number of hydrogen-bond donors (Lipinski definition) is 1. The summed E-state index contributed by atoms with van der Waals surface area (Å²) in [6.45, 7) is 5.53. The standard InChI is InChI=1S/C8H15NO2/c1-6-3-9(4-7(6)2)8(11)5-10/h6-7,10H,3-5H2,1-2H3. The summed E-state index contributed by atoms with van der Waals surface area (Å²) in [5, 5.41) is 8.58. The van der Waals surface area contributed by atoms with Crippen LogP contribution in [0.5, 0.6) is 0 Å². The second kappa shape index (κ2) is 3.22. The number of hydrogen-bond acceptors (Lipinski definition) is 2. The molecule has 11 heavy (non-hydrogen) atoms. The van der Waals surface area contributed by atoms with Crippen molar-refractivity contribution in [1.29, 1.82) is 0 Å². The van der Waals surface area contributed by atoms with Crippen molar-refractivity contribution < 1.29 is 9.90 Å².